The van der Waals surface area contributed by atoms with E-state index in [2.05, 4.69) is 44.8 Å². The largest absolute Gasteiger partial charge is 0.313 e. The Hall–Kier alpha value is -0.0800. The molecule has 0 atom stereocenters. The van der Waals surface area contributed by atoms with Gasteiger partial charge in [-0.15, -0.1) is 0 Å². The van der Waals surface area contributed by atoms with Gasteiger partial charge in [0, 0.05) is 25.2 Å². The summed E-state index contributed by atoms with van der Waals surface area (Å²) in [5.41, 5.74) is 0. The van der Waals surface area contributed by atoms with Crippen molar-refractivity contribution in [3.05, 3.63) is 0 Å². The number of hydrogen-bond acceptors (Lipinski definition) is 2. The molecule has 15 heavy (non-hydrogen) atoms. The van der Waals surface area contributed by atoms with Gasteiger partial charge in [-0.1, -0.05) is 33.6 Å². The molecule has 0 aliphatic rings. The van der Waals surface area contributed by atoms with Gasteiger partial charge in [-0.3, -0.25) is 4.90 Å². The van der Waals surface area contributed by atoms with Crippen LogP contribution in [0.1, 0.15) is 53.9 Å². The molecule has 1 N–H and O–H groups in total. The van der Waals surface area contributed by atoms with Crippen molar-refractivity contribution < 1.29 is 0 Å². The van der Waals surface area contributed by atoms with Gasteiger partial charge in [-0.2, -0.15) is 0 Å². The highest BCUT2D eigenvalue weighted by Crippen LogP contribution is 2.02. The summed E-state index contributed by atoms with van der Waals surface area (Å²) in [6.45, 7) is 14.8. The van der Waals surface area contributed by atoms with Crippen LogP contribution >= 0.6 is 0 Å². The Morgan fingerprint density at radius 2 is 1.67 bits per heavy atom. The van der Waals surface area contributed by atoms with Gasteiger partial charge in [0.25, 0.3) is 0 Å². The predicted octanol–water partition coefficient (Wildman–Crippen LogP) is 2.89. The summed E-state index contributed by atoms with van der Waals surface area (Å²) in [6, 6.07) is 1.28. The zero-order chi connectivity index (χ0) is 11.7. The first-order valence-corrected chi connectivity index (χ1v) is 6.55. The molecule has 0 saturated heterocycles. The maximum Gasteiger partial charge on any atom is 0.0110 e. The fourth-order valence-corrected chi connectivity index (χ4v) is 1.69. The minimum atomic E-state index is 0.606. The second kappa shape index (κ2) is 9.17. The fraction of sp³-hybridized carbons (Fsp3) is 1.00. The van der Waals surface area contributed by atoms with Crippen molar-refractivity contribution >= 4 is 0 Å². The SMILES string of the molecule is CCCCCN(CCNC(C)C)C(C)C. The lowest BCUT2D eigenvalue weighted by atomic mass is 10.2. The van der Waals surface area contributed by atoms with Crippen LogP contribution in [0.4, 0.5) is 0 Å². The van der Waals surface area contributed by atoms with Crippen molar-refractivity contribution in [2.75, 3.05) is 19.6 Å². The molecule has 0 spiro atoms. The van der Waals surface area contributed by atoms with Crippen LogP contribution in [0.2, 0.25) is 0 Å². The summed E-state index contributed by atoms with van der Waals surface area (Å²) in [7, 11) is 0. The Balaban J connectivity index is 3.64. The highest BCUT2D eigenvalue weighted by molar-refractivity contribution is 4.65. The Labute approximate surface area is 96.4 Å². The summed E-state index contributed by atoms with van der Waals surface area (Å²) in [6.07, 6.45) is 4.02. The van der Waals surface area contributed by atoms with E-state index in [4.69, 9.17) is 0 Å². The highest BCUT2D eigenvalue weighted by Gasteiger charge is 2.08. The van der Waals surface area contributed by atoms with Gasteiger partial charge in [0.1, 0.15) is 0 Å². The van der Waals surface area contributed by atoms with Crippen LogP contribution < -0.4 is 5.32 Å². The Morgan fingerprint density at radius 1 is 1.00 bits per heavy atom. The zero-order valence-electron chi connectivity index (χ0n) is 11.3. The van der Waals surface area contributed by atoms with Crippen molar-refractivity contribution in [1.82, 2.24) is 10.2 Å². The molecular formula is C13H30N2. The van der Waals surface area contributed by atoms with E-state index in [9.17, 15) is 0 Å². The highest BCUT2D eigenvalue weighted by atomic mass is 15.2. The van der Waals surface area contributed by atoms with Crippen LogP contribution in [0.15, 0.2) is 0 Å². The van der Waals surface area contributed by atoms with E-state index in [1.165, 1.54) is 32.4 Å². The minimum Gasteiger partial charge on any atom is -0.313 e. The number of hydrogen-bond donors (Lipinski definition) is 1. The molecule has 0 aromatic carbocycles. The predicted molar refractivity (Wildman–Crippen MR) is 69.4 cm³/mol. The number of rotatable bonds is 9. The average Bonchev–Trinajstić information content (AvgIpc) is 2.15. The third-order valence-electron chi connectivity index (χ3n) is 2.73. The summed E-state index contributed by atoms with van der Waals surface area (Å²) in [5, 5.41) is 3.48. The van der Waals surface area contributed by atoms with Gasteiger partial charge in [0.15, 0.2) is 0 Å². The lowest BCUT2D eigenvalue weighted by Crippen LogP contribution is -2.39. The molecule has 0 aliphatic heterocycles. The smallest absolute Gasteiger partial charge is 0.0110 e. The number of unbranched alkanes of at least 4 members (excludes halogenated alkanes) is 2. The van der Waals surface area contributed by atoms with Crippen molar-refractivity contribution in [1.29, 1.82) is 0 Å². The maximum atomic E-state index is 3.48. The summed E-state index contributed by atoms with van der Waals surface area (Å²) in [4.78, 5) is 2.57. The Kier molecular flexibility index (Phi) is 9.12. The molecule has 0 heterocycles. The molecule has 0 rings (SSSR count). The van der Waals surface area contributed by atoms with Crippen LogP contribution in [0.3, 0.4) is 0 Å². The zero-order valence-corrected chi connectivity index (χ0v) is 11.3. The Morgan fingerprint density at radius 3 is 2.13 bits per heavy atom. The number of nitrogens with one attached hydrogen (secondary N) is 1. The van der Waals surface area contributed by atoms with E-state index >= 15 is 0 Å². The van der Waals surface area contributed by atoms with Crippen molar-refractivity contribution in [3.8, 4) is 0 Å². The quantitative estimate of drug-likeness (QED) is 0.594. The second-order valence-electron chi connectivity index (χ2n) is 4.95. The van der Waals surface area contributed by atoms with E-state index in [1.54, 1.807) is 0 Å². The van der Waals surface area contributed by atoms with E-state index in [0.29, 0.717) is 12.1 Å². The fourth-order valence-electron chi connectivity index (χ4n) is 1.69. The molecule has 0 aromatic heterocycles. The lowest BCUT2D eigenvalue weighted by molar-refractivity contribution is 0.216. The summed E-state index contributed by atoms with van der Waals surface area (Å²) >= 11 is 0. The first kappa shape index (κ1) is 14.9. The van der Waals surface area contributed by atoms with Crippen LogP contribution in [-0.4, -0.2) is 36.6 Å². The van der Waals surface area contributed by atoms with Crippen molar-refractivity contribution in [2.24, 2.45) is 0 Å². The molecule has 0 unspecified atom stereocenters. The molecule has 0 radical (unpaired) electrons. The molecule has 0 saturated carbocycles. The van der Waals surface area contributed by atoms with Gasteiger partial charge in [0.2, 0.25) is 0 Å². The lowest BCUT2D eigenvalue weighted by Gasteiger charge is -2.27. The van der Waals surface area contributed by atoms with Crippen LogP contribution in [0.25, 0.3) is 0 Å². The Bertz CT molecular complexity index is 132. The molecular weight excluding hydrogens is 184 g/mol. The number of nitrogens with zero attached hydrogens (tertiary/aromatic N) is 1. The standard InChI is InChI=1S/C13H30N2/c1-6-7-8-10-15(13(4)5)11-9-14-12(2)3/h12-14H,6-11H2,1-5H3. The molecule has 0 amide bonds. The third kappa shape index (κ3) is 8.88. The third-order valence-corrected chi connectivity index (χ3v) is 2.73. The molecule has 0 aliphatic carbocycles. The van der Waals surface area contributed by atoms with Crippen LogP contribution in [-0.2, 0) is 0 Å². The van der Waals surface area contributed by atoms with Gasteiger partial charge in [0.05, 0.1) is 0 Å². The first-order valence-electron chi connectivity index (χ1n) is 6.55. The molecule has 0 fully saturated rings. The van der Waals surface area contributed by atoms with Gasteiger partial charge < -0.3 is 5.32 Å². The van der Waals surface area contributed by atoms with Gasteiger partial charge in [-0.05, 0) is 26.8 Å². The van der Waals surface area contributed by atoms with Crippen molar-refractivity contribution in [3.63, 3.8) is 0 Å². The molecule has 2 heteroatoms. The van der Waals surface area contributed by atoms with E-state index in [0.717, 1.165) is 6.54 Å². The second-order valence-corrected chi connectivity index (χ2v) is 4.95. The molecule has 2 nitrogen and oxygen atoms in total. The molecule has 0 bridgehead atoms. The van der Waals surface area contributed by atoms with Crippen LogP contribution in [0, 0.1) is 0 Å². The minimum absolute atomic E-state index is 0.606. The molecule has 92 valence electrons. The normalized spacial score (nSPS) is 12.0. The first-order chi connectivity index (χ1) is 7.07. The van der Waals surface area contributed by atoms with Crippen LogP contribution in [0.5, 0.6) is 0 Å². The monoisotopic (exact) mass is 214 g/mol. The average molecular weight is 214 g/mol. The van der Waals surface area contributed by atoms with E-state index in [-0.39, 0.29) is 0 Å². The van der Waals surface area contributed by atoms with E-state index < -0.39 is 0 Å². The van der Waals surface area contributed by atoms with E-state index in [1.807, 2.05) is 0 Å². The maximum absolute atomic E-state index is 3.48. The van der Waals surface area contributed by atoms with Gasteiger partial charge in [-0.25, -0.2) is 0 Å². The van der Waals surface area contributed by atoms with Crippen molar-refractivity contribution in [2.45, 2.75) is 66.0 Å². The topological polar surface area (TPSA) is 15.3 Å². The summed E-state index contributed by atoms with van der Waals surface area (Å²) in [5.74, 6) is 0. The summed E-state index contributed by atoms with van der Waals surface area (Å²) < 4.78 is 0. The molecule has 0 aromatic rings. The van der Waals surface area contributed by atoms with Gasteiger partial charge >= 0.3 is 0 Å².